The number of nitrogens with zero attached hydrogens (tertiary/aromatic N) is 5. The van der Waals surface area contributed by atoms with Crippen molar-refractivity contribution in [1.82, 2.24) is 24.6 Å². The standard InChI is InChI=1S/C25H34F2N6O/c1-14(2)33-21(11-20(30-33)15-8-22(34-25(26)27)24(28)29-12-15)23-18-9-17(10-19(18)23)32-7-6-31-5-3-4-16(31)13-32/h8,11-12,14,16-19,23,25H,3-7,9-10,13H2,1-2H3,(H2,28,29)/t16?,17?,18-,19+,23?. The minimum absolute atomic E-state index is 0.0474. The number of piperazine rings is 1. The quantitative estimate of drug-likeness (QED) is 0.686. The molecule has 0 aromatic carbocycles. The average molecular weight is 473 g/mol. The van der Waals surface area contributed by atoms with Crippen molar-refractivity contribution in [2.75, 3.05) is 31.9 Å². The zero-order valence-electron chi connectivity index (χ0n) is 19.9. The summed E-state index contributed by atoms with van der Waals surface area (Å²) in [7, 11) is 0. The van der Waals surface area contributed by atoms with Crippen LogP contribution in [-0.4, -0.2) is 69.4 Å². The molecule has 3 unspecified atom stereocenters. The first-order valence-electron chi connectivity index (χ1n) is 12.7. The number of hydrogen-bond acceptors (Lipinski definition) is 6. The molecular formula is C25H34F2N6O. The molecule has 6 rings (SSSR count). The summed E-state index contributed by atoms with van der Waals surface area (Å²) >= 11 is 0. The molecule has 4 fully saturated rings. The highest BCUT2D eigenvalue weighted by molar-refractivity contribution is 5.64. The van der Waals surface area contributed by atoms with Gasteiger partial charge in [-0.1, -0.05) is 0 Å². The molecule has 2 N–H and O–H groups in total. The first-order chi connectivity index (χ1) is 16.4. The number of nitrogens with two attached hydrogens (primary N) is 1. The summed E-state index contributed by atoms with van der Waals surface area (Å²) in [4.78, 5) is 9.51. The van der Waals surface area contributed by atoms with Crippen molar-refractivity contribution in [3.05, 3.63) is 24.0 Å². The fourth-order valence-electron chi connectivity index (χ4n) is 6.89. The second kappa shape index (κ2) is 8.45. The lowest BCUT2D eigenvalue weighted by Crippen LogP contribution is -2.53. The number of hydrogen-bond donors (Lipinski definition) is 1. The Bertz CT molecular complexity index is 1050. The van der Waals surface area contributed by atoms with E-state index in [0.29, 0.717) is 11.5 Å². The van der Waals surface area contributed by atoms with Crippen molar-refractivity contribution in [1.29, 1.82) is 0 Å². The van der Waals surface area contributed by atoms with Crippen molar-refractivity contribution in [3.63, 3.8) is 0 Å². The summed E-state index contributed by atoms with van der Waals surface area (Å²) < 4.78 is 32.2. The molecule has 2 aliphatic carbocycles. The van der Waals surface area contributed by atoms with Crippen LogP contribution in [0.2, 0.25) is 0 Å². The van der Waals surface area contributed by atoms with Gasteiger partial charge in [-0.3, -0.25) is 14.5 Å². The molecule has 0 radical (unpaired) electrons. The number of halogens is 2. The Morgan fingerprint density at radius 1 is 1.06 bits per heavy atom. The highest BCUT2D eigenvalue weighted by Gasteiger charge is 2.59. The van der Waals surface area contributed by atoms with Gasteiger partial charge in [0, 0.05) is 61.1 Å². The van der Waals surface area contributed by atoms with E-state index in [-0.39, 0.29) is 17.6 Å². The molecule has 2 saturated heterocycles. The smallest absolute Gasteiger partial charge is 0.387 e. The molecule has 4 heterocycles. The van der Waals surface area contributed by atoms with Crippen molar-refractivity contribution in [2.24, 2.45) is 11.8 Å². The summed E-state index contributed by atoms with van der Waals surface area (Å²) in [6.45, 7) is 6.30. The molecule has 9 heteroatoms. The average Bonchev–Trinajstić information content (AvgIpc) is 3.27. The number of ether oxygens (including phenoxy) is 1. The summed E-state index contributed by atoms with van der Waals surface area (Å²) in [6.07, 6.45) is 6.85. The van der Waals surface area contributed by atoms with Gasteiger partial charge in [0.2, 0.25) is 0 Å². The van der Waals surface area contributed by atoms with Gasteiger partial charge < -0.3 is 10.5 Å². The van der Waals surface area contributed by atoms with Gasteiger partial charge in [0.05, 0.1) is 5.69 Å². The van der Waals surface area contributed by atoms with Gasteiger partial charge in [-0.15, -0.1) is 0 Å². The van der Waals surface area contributed by atoms with E-state index in [1.165, 1.54) is 63.6 Å². The van der Waals surface area contributed by atoms with E-state index in [1.54, 1.807) is 6.20 Å². The van der Waals surface area contributed by atoms with Gasteiger partial charge in [-0.25, -0.2) is 4.98 Å². The van der Waals surface area contributed by atoms with Crippen LogP contribution in [0.4, 0.5) is 14.6 Å². The Kier molecular flexibility index (Phi) is 5.52. The van der Waals surface area contributed by atoms with E-state index in [9.17, 15) is 8.78 Å². The number of aromatic nitrogens is 3. The van der Waals surface area contributed by atoms with Crippen LogP contribution in [0, 0.1) is 11.8 Å². The van der Waals surface area contributed by atoms with Crippen LogP contribution in [0.5, 0.6) is 5.75 Å². The second-order valence-corrected chi connectivity index (χ2v) is 10.8. The van der Waals surface area contributed by atoms with Crippen molar-refractivity contribution >= 4 is 5.82 Å². The largest absolute Gasteiger partial charge is 0.431 e. The lowest BCUT2D eigenvalue weighted by Gasteiger charge is -2.41. The Hall–Kier alpha value is -2.26. The Balaban J connectivity index is 1.18. The molecule has 0 bridgehead atoms. The molecule has 7 nitrogen and oxygen atoms in total. The number of fused-ring (bicyclic) bond motifs is 2. The number of alkyl halides is 2. The Morgan fingerprint density at radius 2 is 1.82 bits per heavy atom. The fraction of sp³-hybridized carbons (Fsp3) is 0.680. The van der Waals surface area contributed by atoms with Crippen LogP contribution < -0.4 is 10.5 Å². The van der Waals surface area contributed by atoms with E-state index in [1.807, 2.05) is 0 Å². The van der Waals surface area contributed by atoms with E-state index >= 15 is 0 Å². The topological polar surface area (TPSA) is 72.4 Å². The van der Waals surface area contributed by atoms with Crippen LogP contribution in [0.1, 0.15) is 57.2 Å². The summed E-state index contributed by atoms with van der Waals surface area (Å²) in [5.41, 5.74) is 8.35. The number of nitrogen functional groups attached to an aromatic ring is 1. The molecule has 2 saturated carbocycles. The van der Waals surface area contributed by atoms with Crippen LogP contribution in [0.25, 0.3) is 11.3 Å². The zero-order valence-corrected chi connectivity index (χ0v) is 19.9. The molecule has 34 heavy (non-hydrogen) atoms. The van der Waals surface area contributed by atoms with Crippen molar-refractivity contribution in [3.8, 4) is 17.0 Å². The highest BCUT2D eigenvalue weighted by atomic mass is 19.3. The summed E-state index contributed by atoms with van der Waals surface area (Å²) in [6, 6.07) is 5.35. The summed E-state index contributed by atoms with van der Waals surface area (Å²) in [5.74, 6) is 1.81. The molecule has 4 aliphatic rings. The Labute approximate surface area is 199 Å². The maximum atomic E-state index is 12.8. The number of rotatable bonds is 6. The maximum absolute atomic E-state index is 12.8. The third-order valence-corrected chi connectivity index (χ3v) is 8.54. The van der Waals surface area contributed by atoms with E-state index < -0.39 is 6.61 Å². The highest BCUT2D eigenvalue weighted by Crippen LogP contribution is 2.64. The van der Waals surface area contributed by atoms with E-state index in [0.717, 1.165) is 29.6 Å². The molecule has 2 aliphatic heterocycles. The molecule has 2 aromatic rings. The van der Waals surface area contributed by atoms with E-state index in [4.69, 9.17) is 10.8 Å². The second-order valence-electron chi connectivity index (χ2n) is 10.8. The maximum Gasteiger partial charge on any atom is 0.387 e. The van der Waals surface area contributed by atoms with Gasteiger partial charge in [0.1, 0.15) is 0 Å². The molecule has 2 aromatic heterocycles. The third kappa shape index (κ3) is 3.86. The van der Waals surface area contributed by atoms with Gasteiger partial charge in [-0.05, 0) is 70.0 Å². The molecule has 0 amide bonds. The lowest BCUT2D eigenvalue weighted by atomic mass is 10.0. The molecule has 184 valence electrons. The zero-order chi connectivity index (χ0) is 23.6. The van der Waals surface area contributed by atoms with Gasteiger partial charge in [0.15, 0.2) is 11.6 Å². The van der Waals surface area contributed by atoms with Crippen molar-refractivity contribution < 1.29 is 13.5 Å². The SMILES string of the molecule is CC(C)n1nc(-c2cnc(N)c(OC(F)F)c2)cc1C1[C@H]2CC(N3CCN4CCCC4C3)C[C@@H]12. The van der Waals surface area contributed by atoms with Crippen LogP contribution >= 0.6 is 0 Å². The monoisotopic (exact) mass is 472 g/mol. The Morgan fingerprint density at radius 3 is 2.56 bits per heavy atom. The molecular weight excluding hydrogens is 438 g/mol. The lowest BCUT2D eigenvalue weighted by molar-refractivity contribution is -0.0494. The third-order valence-electron chi connectivity index (χ3n) is 8.54. The van der Waals surface area contributed by atoms with Crippen LogP contribution in [-0.2, 0) is 0 Å². The van der Waals surface area contributed by atoms with Crippen molar-refractivity contribution in [2.45, 2.75) is 70.2 Å². The predicted molar refractivity (Wildman–Crippen MR) is 126 cm³/mol. The fourth-order valence-corrected chi connectivity index (χ4v) is 6.89. The van der Waals surface area contributed by atoms with E-state index in [2.05, 4.69) is 44.1 Å². The minimum atomic E-state index is -2.95. The molecule has 5 atom stereocenters. The van der Waals surface area contributed by atoms with Gasteiger partial charge in [-0.2, -0.15) is 13.9 Å². The normalized spacial score (nSPS) is 31.3. The first-order valence-corrected chi connectivity index (χ1v) is 12.7. The predicted octanol–water partition coefficient (Wildman–Crippen LogP) is 3.98. The first kappa shape index (κ1) is 22.2. The van der Waals surface area contributed by atoms with Gasteiger partial charge in [0.25, 0.3) is 0 Å². The summed E-state index contributed by atoms with van der Waals surface area (Å²) in [5, 5.41) is 4.84. The number of pyridine rings is 1. The molecule has 0 spiro atoms. The number of anilines is 1. The van der Waals surface area contributed by atoms with Crippen LogP contribution in [0.3, 0.4) is 0 Å². The van der Waals surface area contributed by atoms with Gasteiger partial charge >= 0.3 is 6.61 Å². The van der Waals surface area contributed by atoms with Crippen LogP contribution in [0.15, 0.2) is 18.3 Å². The minimum Gasteiger partial charge on any atom is -0.431 e.